The van der Waals surface area contributed by atoms with E-state index in [1.165, 1.54) is 17.8 Å². The fourth-order valence-electron chi connectivity index (χ4n) is 2.01. The summed E-state index contributed by atoms with van der Waals surface area (Å²) in [6, 6.07) is 10.1. The van der Waals surface area contributed by atoms with Crippen LogP contribution >= 0.6 is 23.4 Å². The Morgan fingerprint density at radius 2 is 1.92 bits per heavy atom. The zero-order valence-electron chi connectivity index (χ0n) is 14.9. The van der Waals surface area contributed by atoms with Gasteiger partial charge in [-0.3, -0.25) is 0 Å². The third kappa shape index (κ3) is 5.96. The van der Waals surface area contributed by atoms with Crippen molar-refractivity contribution < 1.29 is 13.7 Å². The van der Waals surface area contributed by atoms with E-state index in [9.17, 15) is 9.00 Å². The molecule has 1 unspecified atom stereocenters. The van der Waals surface area contributed by atoms with Gasteiger partial charge in [-0.25, -0.2) is 19.0 Å². The second-order valence-electron chi connectivity index (χ2n) is 6.34. The van der Waals surface area contributed by atoms with Crippen molar-refractivity contribution in [2.24, 2.45) is 4.36 Å². The molecular formula is C17H20ClN3O3S2. The third-order valence-corrected chi connectivity index (χ3v) is 5.86. The van der Waals surface area contributed by atoms with Crippen molar-refractivity contribution in [3.8, 4) is 0 Å². The van der Waals surface area contributed by atoms with Crippen molar-refractivity contribution in [1.29, 1.82) is 0 Å². The Balaban J connectivity index is 2.50. The van der Waals surface area contributed by atoms with E-state index < -0.39 is 21.4 Å². The van der Waals surface area contributed by atoms with Crippen LogP contribution in [0.25, 0.3) is 0 Å². The molecule has 26 heavy (non-hydrogen) atoms. The number of hydrogen-bond donors (Lipinski definition) is 0. The Labute approximate surface area is 162 Å². The quantitative estimate of drug-likeness (QED) is 0.406. The highest BCUT2D eigenvalue weighted by atomic mass is 35.5. The molecule has 1 aromatic carbocycles. The van der Waals surface area contributed by atoms with Crippen LogP contribution in [0, 0.1) is 0 Å². The Morgan fingerprint density at radius 1 is 1.27 bits per heavy atom. The van der Waals surface area contributed by atoms with E-state index in [2.05, 4.69) is 14.3 Å². The molecule has 0 saturated heterocycles. The minimum atomic E-state index is -3.14. The molecular weight excluding hydrogens is 394 g/mol. The summed E-state index contributed by atoms with van der Waals surface area (Å²) in [5, 5.41) is 0.700. The summed E-state index contributed by atoms with van der Waals surface area (Å²) in [5.41, 5.74) is -0.294. The smallest absolute Gasteiger partial charge is 0.442 e. The first-order chi connectivity index (χ1) is 12.1. The number of carbonyl (C=O) groups excluding carboxylic acids is 1. The lowest BCUT2D eigenvalue weighted by Crippen LogP contribution is -2.23. The van der Waals surface area contributed by atoms with E-state index >= 15 is 0 Å². The van der Waals surface area contributed by atoms with E-state index in [1.54, 1.807) is 51.1 Å². The van der Waals surface area contributed by atoms with Crippen molar-refractivity contribution in [3.05, 3.63) is 47.2 Å². The molecule has 1 aromatic heterocycles. The summed E-state index contributed by atoms with van der Waals surface area (Å²) in [6.45, 7) is 5.17. The second-order valence-corrected chi connectivity index (χ2v) is 9.72. The van der Waals surface area contributed by atoms with E-state index in [0.29, 0.717) is 15.7 Å². The molecule has 0 aliphatic carbocycles. The molecule has 0 N–H and O–H groups in total. The summed E-state index contributed by atoms with van der Waals surface area (Å²) >= 11 is 7.34. The fourth-order valence-corrected chi connectivity index (χ4v) is 4.41. The van der Waals surface area contributed by atoms with Gasteiger partial charge in [0, 0.05) is 4.90 Å². The van der Waals surface area contributed by atoms with Crippen molar-refractivity contribution in [2.45, 2.75) is 42.2 Å². The highest BCUT2D eigenvalue weighted by molar-refractivity contribution is 7.98. The van der Waals surface area contributed by atoms with E-state index in [4.69, 9.17) is 16.3 Å². The van der Waals surface area contributed by atoms with Crippen LogP contribution in [0.15, 0.2) is 50.8 Å². The maximum atomic E-state index is 13.6. The molecule has 2 rings (SSSR count). The first kappa shape index (κ1) is 20.7. The minimum absolute atomic E-state index is 0.0773. The van der Waals surface area contributed by atoms with Crippen molar-refractivity contribution in [3.63, 3.8) is 0 Å². The van der Waals surface area contributed by atoms with Gasteiger partial charge in [0.05, 0.1) is 21.2 Å². The number of thioether (sulfide) groups is 1. The van der Waals surface area contributed by atoms with Crippen LogP contribution in [0.4, 0.5) is 4.79 Å². The predicted octanol–water partition coefficient (Wildman–Crippen LogP) is 4.81. The summed E-state index contributed by atoms with van der Waals surface area (Å²) in [7, 11) is -3.14. The summed E-state index contributed by atoms with van der Waals surface area (Å²) in [5.74, 6) is -0.0773. The molecule has 0 aliphatic rings. The Bertz CT molecular complexity index is 905. The SMILES string of the molecule is CSc1nc(Cl)cc(CS(=O)(=NC(=O)OC(C)(C)C)c2ccccc2)n1. The van der Waals surface area contributed by atoms with E-state index in [1.807, 2.05) is 6.26 Å². The second kappa shape index (κ2) is 8.37. The van der Waals surface area contributed by atoms with Crippen LogP contribution in [0.2, 0.25) is 5.15 Å². The average molecular weight is 414 g/mol. The van der Waals surface area contributed by atoms with Crippen LogP contribution < -0.4 is 0 Å². The summed E-state index contributed by atoms with van der Waals surface area (Å²) < 4.78 is 22.7. The normalized spacial score (nSPS) is 13.7. The van der Waals surface area contributed by atoms with Crippen LogP contribution in [0.1, 0.15) is 26.5 Å². The van der Waals surface area contributed by atoms with Crippen LogP contribution in [-0.4, -0.2) is 32.1 Å². The van der Waals surface area contributed by atoms with Gasteiger partial charge >= 0.3 is 6.09 Å². The number of halogens is 1. The van der Waals surface area contributed by atoms with Gasteiger partial charge in [0.2, 0.25) is 0 Å². The number of ether oxygens (including phenoxy) is 1. The largest absolute Gasteiger partial charge is 0.442 e. The lowest BCUT2D eigenvalue weighted by molar-refractivity contribution is 0.0607. The molecule has 6 nitrogen and oxygen atoms in total. The highest BCUT2D eigenvalue weighted by Crippen LogP contribution is 2.22. The van der Waals surface area contributed by atoms with Gasteiger partial charge in [0.15, 0.2) is 5.16 Å². The lowest BCUT2D eigenvalue weighted by atomic mass is 10.2. The van der Waals surface area contributed by atoms with Gasteiger partial charge < -0.3 is 4.74 Å². The van der Waals surface area contributed by atoms with Gasteiger partial charge in [-0.05, 0) is 45.2 Å². The van der Waals surface area contributed by atoms with E-state index in [-0.39, 0.29) is 10.9 Å². The number of benzene rings is 1. The molecule has 0 radical (unpaired) electrons. The zero-order chi connectivity index (χ0) is 19.4. The number of hydrogen-bond acceptors (Lipinski definition) is 6. The molecule has 0 saturated carbocycles. The van der Waals surface area contributed by atoms with Crippen molar-refractivity contribution in [2.75, 3.05) is 6.26 Å². The zero-order valence-corrected chi connectivity index (χ0v) is 17.3. The molecule has 1 atom stereocenters. The summed E-state index contributed by atoms with van der Waals surface area (Å²) in [6.07, 6.45) is 0.936. The number of amides is 1. The molecule has 0 aliphatic heterocycles. The average Bonchev–Trinajstić information content (AvgIpc) is 2.53. The van der Waals surface area contributed by atoms with Crippen LogP contribution in [-0.2, 0) is 20.2 Å². The topological polar surface area (TPSA) is 81.5 Å². The van der Waals surface area contributed by atoms with Crippen LogP contribution in [0.5, 0.6) is 0 Å². The number of aromatic nitrogens is 2. The minimum Gasteiger partial charge on any atom is -0.442 e. The summed E-state index contributed by atoms with van der Waals surface area (Å²) in [4.78, 5) is 21.0. The Hall–Kier alpha value is -1.64. The maximum Gasteiger partial charge on any atom is 0.442 e. The van der Waals surface area contributed by atoms with Gasteiger partial charge in [0.1, 0.15) is 10.8 Å². The van der Waals surface area contributed by atoms with Crippen LogP contribution in [0.3, 0.4) is 0 Å². The monoisotopic (exact) mass is 413 g/mol. The molecule has 0 bridgehead atoms. The number of carbonyl (C=O) groups is 1. The molecule has 140 valence electrons. The molecule has 9 heteroatoms. The number of rotatable bonds is 4. The standard InChI is InChI=1S/C17H20ClN3O3S2/c1-17(2,3)24-16(22)21-26(23,13-8-6-5-7-9-13)11-12-10-14(18)20-15(19-12)25-4/h5-10H,11H2,1-4H3. The molecule has 0 spiro atoms. The molecule has 1 heterocycles. The molecule has 1 amide bonds. The number of nitrogens with zero attached hydrogens (tertiary/aromatic N) is 3. The predicted molar refractivity (Wildman–Crippen MR) is 104 cm³/mol. The Morgan fingerprint density at radius 3 is 2.50 bits per heavy atom. The molecule has 2 aromatic rings. The van der Waals surface area contributed by atoms with Gasteiger partial charge in [-0.1, -0.05) is 41.6 Å². The van der Waals surface area contributed by atoms with Gasteiger partial charge in [0.25, 0.3) is 0 Å². The maximum absolute atomic E-state index is 13.6. The highest BCUT2D eigenvalue weighted by Gasteiger charge is 2.22. The first-order valence-electron chi connectivity index (χ1n) is 7.72. The van der Waals surface area contributed by atoms with Gasteiger partial charge in [-0.2, -0.15) is 0 Å². The third-order valence-electron chi connectivity index (χ3n) is 2.98. The van der Waals surface area contributed by atoms with Gasteiger partial charge in [-0.15, -0.1) is 4.36 Å². The fraction of sp³-hybridized carbons (Fsp3) is 0.353. The van der Waals surface area contributed by atoms with E-state index in [0.717, 1.165) is 0 Å². The Kier molecular flexibility index (Phi) is 6.65. The van der Waals surface area contributed by atoms with Crippen molar-refractivity contribution >= 4 is 39.2 Å². The van der Waals surface area contributed by atoms with Crippen molar-refractivity contribution in [1.82, 2.24) is 9.97 Å². The lowest BCUT2D eigenvalue weighted by Gasteiger charge is -2.18. The molecule has 0 fully saturated rings. The first-order valence-corrected chi connectivity index (χ1v) is 11.0.